The van der Waals surface area contributed by atoms with Crippen molar-refractivity contribution in [3.8, 4) is 0 Å². The first-order chi connectivity index (χ1) is 7.74. The molecule has 1 atom stereocenters. The van der Waals surface area contributed by atoms with Crippen molar-refractivity contribution in [1.82, 2.24) is 10.6 Å². The fourth-order valence-corrected chi connectivity index (χ4v) is 1.45. The van der Waals surface area contributed by atoms with Crippen molar-refractivity contribution >= 4 is 6.03 Å². The molecule has 0 aliphatic heterocycles. The molecule has 0 aromatic heterocycles. The smallest absolute Gasteiger partial charge is 0.315 e. The molecule has 0 fully saturated rings. The highest BCUT2D eigenvalue weighted by Gasteiger charge is 2.07. The summed E-state index contributed by atoms with van der Waals surface area (Å²) in [6, 6.07) is 9.89. The third-order valence-corrected chi connectivity index (χ3v) is 2.46. The Morgan fingerprint density at radius 2 is 2.00 bits per heavy atom. The van der Waals surface area contributed by atoms with Crippen LogP contribution in [0.3, 0.4) is 0 Å². The van der Waals surface area contributed by atoms with E-state index in [1.165, 1.54) is 0 Å². The van der Waals surface area contributed by atoms with Gasteiger partial charge in [0.2, 0.25) is 0 Å². The zero-order valence-electron chi connectivity index (χ0n) is 9.99. The standard InChI is InChI=1S/C13H20N2O/c1-3-4-10-14-13(16)15-11(2)12-8-6-5-7-9-12/h5-9,11H,3-4,10H2,1-2H3,(H2,14,15,16)/t11-/m1/s1. The number of carbonyl (C=O) groups is 1. The van der Waals surface area contributed by atoms with Gasteiger partial charge in [-0.15, -0.1) is 0 Å². The number of hydrogen-bond donors (Lipinski definition) is 2. The predicted molar refractivity (Wildman–Crippen MR) is 66.3 cm³/mol. The molecule has 0 aliphatic rings. The molecule has 0 aliphatic carbocycles. The summed E-state index contributed by atoms with van der Waals surface area (Å²) >= 11 is 0. The Bertz CT molecular complexity index is 311. The minimum Gasteiger partial charge on any atom is -0.338 e. The van der Waals surface area contributed by atoms with Gasteiger partial charge in [-0.25, -0.2) is 4.79 Å². The normalized spacial score (nSPS) is 11.9. The molecule has 0 saturated carbocycles. The van der Waals surface area contributed by atoms with Gasteiger partial charge in [0.05, 0.1) is 6.04 Å². The van der Waals surface area contributed by atoms with Crippen molar-refractivity contribution in [2.45, 2.75) is 32.7 Å². The van der Waals surface area contributed by atoms with Crippen LogP contribution in [0.5, 0.6) is 0 Å². The Kier molecular flexibility index (Phi) is 5.40. The summed E-state index contributed by atoms with van der Waals surface area (Å²) in [6.45, 7) is 4.82. The van der Waals surface area contributed by atoms with Crippen LogP contribution >= 0.6 is 0 Å². The summed E-state index contributed by atoms with van der Waals surface area (Å²) in [6.07, 6.45) is 2.11. The molecule has 88 valence electrons. The van der Waals surface area contributed by atoms with Gasteiger partial charge in [0.25, 0.3) is 0 Å². The number of carbonyl (C=O) groups excluding carboxylic acids is 1. The summed E-state index contributed by atoms with van der Waals surface area (Å²) in [5, 5.41) is 5.74. The van der Waals surface area contributed by atoms with Gasteiger partial charge in [-0.2, -0.15) is 0 Å². The Hall–Kier alpha value is -1.51. The lowest BCUT2D eigenvalue weighted by molar-refractivity contribution is 0.238. The SMILES string of the molecule is CCCCNC(=O)N[C@H](C)c1ccccc1. The van der Waals surface area contributed by atoms with Crippen LogP contribution in [-0.4, -0.2) is 12.6 Å². The topological polar surface area (TPSA) is 41.1 Å². The molecule has 0 saturated heterocycles. The minimum atomic E-state index is -0.0928. The van der Waals surface area contributed by atoms with Crippen molar-refractivity contribution in [2.75, 3.05) is 6.54 Å². The highest BCUT2D eigenvalue weighted by atomic mass is 16.2. The second kappa shape index (κ2) is 6.88. The second-order valence-corrected chi connectivity index (χ2v) is 3.89. The molecule has 16 heavy (non-hydrogen) atoms. The van der Waals surface area contributed by atoms with Gasteiger partial charge >= 0.3 is 6.03 Å². The van der Waals surface area contributed by atoms with Crippen LogP contribution in [0.4, 0.5) is 4.79 Å². The average molecular weight is 220 g/mol. The van der Waals surface area contributed by atoms with Gasteiger partial charge < -0.3 is 10.6 Å². The molecule has 3 nitrogen and oxygen atoms in total. The minimum absolute atomic E-state index is 0.0443. The monoisotopic (exact) mass is 220 g/mol. The highest BCUT2D eigenvalue weighted by molar-refractivity contribution is 5.74. The lowest BCUT2D eigenvalue weighted by atomic mass is 10.1. The van der Waals surface area contributed by atoms with Gasteiger partial charge in [-0.05, 0) is 18.9 Å². The van der Waals surface area contributed by atoms with Gasteiger partial charge in [0.15, 0.2) is 0 Å². The van der Waals surface area contributed by atoms with Crippen LogP contribution in [0, 0.1) is 0 Å². The first-order valence-corrected chi connectivity index (χ1v) is 5.83. The molecule has 0 bridgehead atoms. The maximum Gasteiger partial charge on any atom is 0.315 e. The predicted octanol–water partition coefficient (Wildman–Crippen LogP) is 2.85. The first kappa shape index (κ1) is 12.6. The lowest BCUT2D eigenvalue weighted by Crippen LogP contribution is -2.37. The zero-order valence-corrected chi connectivity index (χ0v) is 9.99. The summed E-state index contributed by atoms with van der Waals surface area (Å²) in [7, 11) is 0. The van der Waals surface area contributed by atoms with E-state index in [-0.39, 0.29) is 12.1 Å². The fraction of sp³-hybridized carbons (Fsp3) is 0.462. The van der Waals surface area contributed by atoms with Crippen LogP contribution in [-0.2, 0) is 0 Å². The van der Waals surface area contributed by atoms with E-state index >= 15 is 0 Å². The van der Waals surface area contributed by atoms with Gasteiger partial charge in [0, 0.05) is 6.54 Å². The van der Waals surface area contributed by atoms with Gasteiger partial charge in [0.1, 0.15) is 0 Å². The van der Waals surface area contributed by atoms with E-state index in [1.54, 1.807) is 0 Å². The van der Waals surface area contributed by atoms with Gasteiger partial charge in [-0.3, -0.25) is 0 Å². The van der Waals surface area contributed by atoms with Crippen LogP contribution in [0.2, 0.25) is 0 Å². The van der Waals surface area contributed by atoms with Crippen molar-refractivity contribution in [2.24, 2.45) is 0 Å². The third-order valence-electron chi connectivity index (χ3n) is 2.46. The van der Waals surface area contributed by atoms with Crippen molar-refractivity contribution in [1.29, 1.82) is 0 Å². The number of nitrogens with one attached hydrogen (secondary N) is 2. The molecule has 0 radical (unpaired) electrons. The Labute approximate surface area is 97.2 Å². The van der Waals surface area contributed by atoms with E-state index < -0.39 is 0 Å². The molecule has 2 N–H and O–H groups in total. The quantitative estimate of drug-likeness (QED) is 0.736. The maximum absolute atomic E-state index is 11.5. The molecular weight excluding hydrogens is 200 g/mol. The van der Waals surface area contributed by atoms with E-state index in [2.05, 4.69) is 17.6 Å². The number of amides is 2. The summed E-state index contributed by atoms with van der Waals surface area (Å²) < 4.78 is 0. The van der Waals surface area contributed by atoms with Crippen LogP contribution in [0.25, 0.3) is 0 Å². The number of urea groups is 1. The number of hydrogen-bond acceptors (Lipinski definition) is 1. The van der Waals surface area contributed by atoms with Crippen LogP contribution < -0.4 is 10.6 Å². The molecule has 0 heterocycles. The Morgan fingerprint density at radius 1 is 1.31 bits per heavy atom. The molecule has 2 amide bonds. The molecular formula is C13H20N2O. The summed E-state index contributed by atoms with van der Waals surface area (Å²) in [5.41, 5.74) is 1.12. The number of rotatable bonds is 5. The van der Waals surface area contributed by atoms with Crippen LogP contribution in [0.1, 0.15) is 38.3 Å². The van der Waals surface area contributed by atoms with E-state index in [0.717, 1.165) is 24.9 Å². The Morgan fingerprint density at radius 3 is 2.62 bits per heavy atom. The van der Waals surface area contributed by atoms with Crippen LogP contribution in [0.15, 0.2) is 30.3 Å². The van der Waals surface area contributed by atoms with E-state index in [1.807, 2.05) is 37.3 Å². The van der Waals surface area contributed by atoms with E-state index in [9.17, 15) is 4.79 Å². The summed E-state index contributed by atoms with van der Waals surface area (Å²) in [4.78, 5) is 11.5. The molecule has 1 rings (SSSR count). The third kappa shape index (κ3) is 4.34. The fourth-order valence-electron chi connectivity index (χ4n) is 1.45. The van der Waals surface area contributed by atoms with Crippen molar-refractivity contribution in [3.63, 3.8) is 0 Å². The number of benzene rings is 1. The lowest BCUT2D eigenvalue weighted by Gasteiger charge is -2.14. The number of unbranched alkanes of at least 4 members (excludes halogenated alkanes) is 1. The van der Waals surface area contributed by atoms with Crippen molar-refractivity contribution in [3.05, 3.63) is 35.9 Å². The summed E-state index contributed by atoms with van der Waals surface area (Å²) in [5.74, 6) is 0. The van der Waals surface area contributed by atoms with Crippen molar-refractivity contribution < 1.29 is 4.79 Å². The van der Waals surface area contributed by atoms with Gasteiger partial charge in [-0.1, -0.05) is 43.7 Å². The molecule has 0 unspecified atom stereocenters. The molecule has 1 aromatic carbocycles. The molecule has 1 aromatic rings. The molecule has 0 spiro atoms. The Balaban J connectivity index is 2.34. The zero-order chi connectivity index (χ0) is 11.8. The van der Waals surface area contributed by atoms with E-state index in [0.29, 0.717) is 0 Å². The average Bonchev–Trinajstić information content (AvgIpc) is 2.30. The maximum atomic E-state index is 11.5. The largest absolute Gasteiger partial charge is 0.338 e. The first-order valence-electron chi connectivity index (χ1n) is 5.83. The van der Waals surface area contributed by atoms with E-state index in [4.69, 9.17) is 0 Å². The molecule has 3 heteroatoms. The second-order valence-electron chi connectivity index (χ2n) is 3.89. The highest BCUT2D eigenvalue weighted by Crippen LogP contribution is 2.10.